The van der Waals surface area contributed by atoms with Crippen molar-refractivity contribution in [3.8, 4) is 0 Å². The highest BCUT2D eigenvalue weighted by atomic mass is 79.9. The number of halogens is 1. The lowest BCUT2D eigenvalue weighted by molar-refractivity contribution is 0.102. The molecular weight excluding hydrogens is 306 g/mol. The molecule has 0 aliphatic rings. The summed E-state index contributed by atoms with van der Waals surface area (Å²) in [7, 11) is 3.91. The van der Waals surface area contributed by atoms with Gasteiger partial charge in [0.2, 0.25) is 0 Å². The van der Waals surface area contributed by atoms with Gasteiger partial charge in [0, 0.05) is 25.5 Å². The molecule has 0 aliphatic carbocycles. The number of hydrogen-bond acceptors (Lipinski definition) is 3. The second kappa shape index (κ2) is 5.84. The van der Waals surface area contributed by atoms with Gasteiger partial charge in [0.15, 0.2) is 0 Å². The van der Waals surface area contributed by atoms with Gasteiger partial charge in [0.25, 0.3) is 5.91 Å². The monoisotopic (exact) mass is 319 g/mol. The van der Waals surface area contributed by atoms with Crippen LogP contribution in [-0.4, -0.2) is 25.0 Å². The Labute approximate surface area is 120 Å². The number of amides is 1. The van der Waals surface area contributed by atoms with E-state index in [4.69, 9.17) is 0 Å². The first-order valence-electron chi connectivity index (χ1n) is 5.77. The molecule has 0 saturated heterocycles. The summed E-state index contributed by atoms with van der Waals surface area (Å²) in [5.74, 6) is -0.225. The van der Waals surface area contributed by atoms with E-state index < -0.39 is 0 Å². The van der Waals surface area contributed by atoms with Crippen molar-refractivity contribution in [1.29, 1.82) is 0 Å². The predicted molar refractivity (Wildman–Crippen MR) is 80.7 cm³/mol. The molecule has 19 heavy (non-hydrogen) atoms. The molecule has 0 unspecified atom stereocenters. The fraction of sp³-hybridized carbons (Fsp3) is 0.143. The van der Waals surface area contributed by atoms with Crippen LogP contribution < -0.4 is 10.2 Å². The second-order valence-corrected chi connectivity index (χ2v) is 5.06. The van der Waals surface area contributed by atoms with Crippen LogP contribution in [0.3, 0.4) is 0 Å². The molecule has 1 amide bonds. The SMILES string of the molecule is CN(C)c1cccc(NC(=O)c2cccc(Br)n2)c1. The Hall–Kier alpha value is -1.88. The third kappa shape index (κ3) is 3.54. The van der Waals surface area contributed by atoms with E-state index in [0.29, 0.717) is 10.3 Å². The molecule has 1 N–H and O–H groups in total. The highest BCUT2D eigenvalue weighted by Crippen LogP contribution is 2.18. The van der Waals surface area contributed by atoms with Crippen LogP contribution in [0.5, 0.6) is 0 Å². The van der Waals surface area contributed by atoms with Crippen LogP contribution in [-0.2, 0) is 0 Å². The number of carbonyl (C=O) groups is 1. The molecule has 1 aromatic carbocycles. The third-order valence-corrected chi connectivity index (χ3v) is 3.01. The summed E-state index contributed by atoms with van der Waals surface area (Å²) in [5, 5.41) is 2.83. The highest BCUT2D eigenvalue weighted by Gasteiger charge is 2.08. The average molecular weight is 320 g/mol. The second-order valence-electron chi connectivity index (χ2n) is 4.24. The van der Waals surface area contributed by atoms with Crippen molar-refractivity contribution in [1.82, 2.24) is 4.98 Å². The smallest absolute Gasteiger partial charge is 0.274 e. The summed E-state index contributed by atoms with van der Waals surface area (Å²) >= 11 is 3.25. The van der Waals surface area contributed by atoms with Crippen molar-refractivity contribution in [3.05, 3.63) is 52.8 Å². The minimum absolute atomic E-state index is 0.225. The van der Waals surface area contributed by atoms with E-state index in [-0.39, 0.29) is 5.91 Å². The Morgan fingerprint density at radius 3 is 2.63 bits per heavy atom. The van der Waals surface area contributed by atoms with Crippen LogP contribution in [0.4, 0.5) is 11.4 Å². The zero-order valence-electron chi connectivity index (χ0n) is 10.7. The van der Waals surface area contributed by atoms with Crippen molar-refractivity contribution < 1.29 is 4.79 Å². The largest absolute Gasteiger partial charge is 0.378 e. The van der Waals surface area contributed by atoms with Crippen LogP contribution in [0, 0.1) is 0 Å². The molecule has 0 spiro atoms. The molecule has 2 rings (SSSR count). The average Bonchev–Trinajstić information content (AvgIpc) is 2.39. The Balaban J connectivity index is 2.17. The fourth-order valence-electron chi connectivity index (χ4n) is 1.59. The summed E-state index contributed by atoms with van der Waals surface area (Å²) in [5.41, 5.74) is 2.16. The Morgan fingerprint density at radius 2 is 1.95 bits per heavy atom. The zero-order valence-corrected chi connectivity index (χ0v) is 12.3. The standard InChI is InChI=1S/C14H14BrN3O/c1-18(2)11-6-3-5-10(9-11)16-14(19)12-7-4-8-13(15)17-12/h3-9H,1-2H3,(H,16,19). The number of nitrogens with zero attached hydrogens (tertiary/aromatic N) is 2. The highest BCUT2D eigenvalue weighted by molar-refractivity contribution is 9.10. The van der Waals surface area contributed by atoms with Gasteiger partial charge in [-0.05, 0) is 46.3 Å². The molecule has 0 bridgehead atoms. The number of anilines is 2. The summed E-state index contributed by atoms with van der Waals surface area (Å²) in [6, 6.07) is 12.9. The maximum atomic E-state index is 12.0. The van der Waals surface area contributed by atoms with Gasteiger partial charge in [-0.3, -0.25) is 4.79 Å². The van der Waals surface area contributed by atoms with Crippen LogP contribution in [0.25, 0.3) is 0 Å². The Morgan fingerprint density at radius 1 is 1.21 bits per heavy atom. The van der Waals surface area contributed by atoms with Crippen molar-refractivity contribution >= 4 is 33.2 Å². The lowest BCUT2D eigenvalue weighted by Crippen LogP contribution is -2.14. The minimum atomic E-state index is -0.225. The summed E-state index contributed by atoms with van der Waals surface area (Å²) in [6.45, 7) is 0. The number of rotatable bonds is 3. The first-order valence-corrected chi connectivity index (χ1v) is 6.57. The van der Waals surface area contributed by atoms with E-state index >= 15 is 0 Å². The van der Waals surface area contributed by atoms with E-state index in [1.807, 2.05) is 43.3 Å². The van der Waals surface area contributed by atoms with E-state index in [2.05, 4.69) is 26.2 Å². The first-order chi connectivity index (χ1) is 9.06. The van der Waals surface area contributed by atoms with Crippen LogP contribution in [0.2, 0.25) is 0 Å². The summed E-state index contributed by atoms with van der Waals surface area (Å²) < 4.78 is 0.641. The van der Waals surface area contributed by atoms with Crippen LogP contribution >= 0.6 is 15.9 Å². The van der Waals surface area contributed by atoms with Gasteiger partial charge in [-0.15, -0.1) is 0 Å². The molecule has 1 heterocycles. The molecule has 0 saturated carbocycles. The molecule has 0 aliphatic heterocycles. The zero-order chi connectivity index (χ0) is 13.8. The number of benzene rings is 1. The lowest BCUT2D eigenvalue weighted by Gasteiger charge is -2.13. The molecule has 2 aromatic rings. The Bertz CT molecular complexity index is 599. The lowest BCUT2D eigenvalue weighted by atomic mass is 10.2. The van der Waals surface area contributed by atoms with Crippen molar-refractivity contribution in [2.75, 3.05) is 24.3 Å². The molecule has 5 heteroatoms. The van der Waals surface area contributed by atoms with Crippen molar-refractivity contribution in [2.45, 2.75) is 0 Å². The minimum Gasteiger partial charge on any atom is -0.378 e. The van der Waals surface area contributed by atoms with Gasteiger partial charge in [0.1, 0.15) is 10.3 Å². The fourth-order valence-corrected chi connectivity index (χ4v) is 1.94. The number of pyridine rings is 1. The van der Waals surface area contributed by atoms with Crippen molar-refractivity contribution in [3.63, 3.8) is 0 Å². The maximum absolute atomic E-state index is 12.0. The predicted octanol–water partition coefficient (Wildman–Crippen LogP) is 3.16. The quantitative estimate of drug-likeness (QED) is 0.884. The topological polar surface area (TPSA) is 45.2 Å². The van der Waals surface area contributed by atoms with E-state index in [9.17, 15) is 4.79 Å². The number of hydrogen-bond donors (Lipinski definition) is 1. The first kappa shape index (κ1) is 13.5. The van der Waals surface area contributed by atoms with Crippen LogP contribution in [0.1, 0.15) is 10.5 Å². The molecule has 0 atom stereocenters. The molecular formula is C14H14BrN3O. The van der Waals surface area contributed by atoms with E-state index in [0.717, 1.165) is 11.4 Å². The summed E-state index contributed by atoms with van der Waals surface area (Å²) in [6.07, 6.45) is 0. The normalized spacial score (nSPS) is 10.1. The molecule has 98 valence electrons. The Kier molecular flexibility index (Phi) is 4.16. The van der Waals surface area contributed by atoms with Gasteiger partial charge in [-0.1, -0.05) is 12.1 Å². The van der Waals surface area contributed by atoms with Crippen molar-refractivity contribution in [2.24, 2.45) is 0 Å². The van der Waals surface area contributed by atoms with Gasteiger partial charge in [-0.25, -0.2) is 4.98 Å². The number of carbonyl (C=O) groups excluding carboxylic acids is 1. The molecule has 0 fully saturated rings. The molecule has 0 radical (unpaired) electrons. The third-order valence-electron chi connectivity index (χ3n) is 2.57. The van der Waals surface area contributed by atoms with E-state index in [1.165, 1.54) is 0 Å². The van der Waals surface area contributed by atoms with Crippen LogP contribution in [0.15, 0.2) is 47.1 Å². The van der Waals surface area contributed by atoms with Gasteiger partial charge in [-0.2, -0.15) is 0 Å². The van der Waals surface area contributed by atoms with Gasteiger partial charge < -0.3 is 10.2 Å². The summed E-state index contributed by atoms with van der Waals surface area (Å²) in [4.78, 5) is 18.1. The molecule has 4 nitrogen and oxygen atoms in total. The number of aromatic nitrogens is 1. The van der Waals surface area contributed by atoms with E-state index in [1.54, 1.807) is 18.2 Å². The van der Waals surface area contributed by atoms with Gasteiger partial charge >= 0.3 is 0 Å². The molecule has 1 aromatic heterocycles. The maximum Gasteiger partial charge on any atom is 0.274 e. The number of nitrogens with one attached hydrogen (secondary N) is 1. The van der Waals surface area contributed by atoms with Gasteiger partial charge in [0.05, 0.1) is 0 Å².